The van der Waals surface area contributed by atoms with Gasteiger partial charge in [0, 0.05) is 23.8 Å². The molecule has 102 valence electrons. The summed E-state index contributed by atoms with van der Waals surface area (Å²) < 4.78 is 26.5. The SMILES string of the molecule is CCC(CC)C(Br)CNS(=O)(=O)c1cccnc1. The molecule has 1 aromatic heterocycles. The highest BCUT2D eigenvalue weighted by Gasteiger charge is 2.19. The summed E-state index contributed by atoms with van der Waals surface area (Å²) in [5.74, 6) is 0.474. The van der Waals surface area contributed by atoms with Crippen molar-refractivity contribution in [3.05, 3.63) is 24.5 Å². The second-order valence-corrected chi connectivity index (χ2v) is 7.08. The monoisotopic (exact) mass is 334 g/mol. The third kappa shape index (κ3) is 4.33. The van der Waals surface area contributed by atoms with Crippen LogP contribution in [0.4, 0.5) is 0 Å². The molecule has 1 rings (SSSR count). The molecule has 0 amide bonds. The first-order valence-corrected chi connectivity index (χ1v) is 8.44. The summed E-state index contributed by atoms with van der Waals surface area (Å²) in [6.07, 6.45) is 4.96. The summed E-state index contributed by atoms with van der Waals surface area (Å²) in [5, 5.41) is 0. The smallest absolute Gasteiger partial charge is 0.242 e. The molecule has 1 aromatic rings. The van der Waals surface area contributed by atoms with Crippen LogP contribution in [0.5, 0.6) is 0 Å². The molecular formula is C12H19BrN2O2S. The average Bonchev–Trinajstić information content (AvgIpc) is 2.39. The number of aromatic nitrogens is 1. The van der Waals surface area contributed by atoms with E-state index in [4.69, 9.17) is 0 Å². The Morgan fingerprint density at radius 2 is 2.06 bits per heavy atom. The quantitative estimate of drug-likeness (QED) is 0.779. The Balaban J connectivity index is 2.63. The van der Waals surface area contributed by atoms with Gasteiger partial charge in [-0.15, -0.1) is 0 Å². The number of hydrogen-bond acceptors (Lipinski definition) is 3. The van der Waals surface area contributed by atoms with Crippen LogP contribution in [0.15, 0.2) is 29.4 Å². The average molecular weight is 335 g/mol. The topological polar surface area (TPSA) is 59.1 Å². The predicted octanol–water partition coefficient (Wildman–Crippen LogP) is 2.56. The first-order valence-electron chi connectivity index (χ1n) is 6.05. The van der Waals surface area contributed by atoms with E-state index in [2.05, 4.69) is 39.5 Å². The Labute approximate surface area is 117 Å². The van der Waals surface area contributed by atoms with Crippen molar-refractivity contribution in [2.24, 2.45) is 5.92 Å². The van der Waals surface area contributed by atoms with Crippen LogP contribution in [0.3, 0.4) is 0 Å². The summed E-state index contributed by atoms with van der Waals surface area (Å²) in [4.78, 5) is 4.17. The fourth-order valence-corrected chi connectivity index (χ4v) is 3.89. The van der Waals surface area contributed by atoms with Crippen molar-refractivity contribution in [3.8, 4) is 0 Å². The lowest BCUT2D eigenvalue weighted by molar-refractivity contribution is 0.471. The number of alkyl halides is 1. The van der Waals surface area contributed by atoms with E-state index in [1.165, 1.54) is 12.3 Å². The normalized spacial score (nSPS) is 13.8. The minimum atomic E-state index is -3.45. The van der Waals surface area contributed by atoms with Gasteiger partial charge in [0.2, 0.25) is 10.0 Å². The summed E-state index contributed by atoms with van der Waals surface area (Å²) >= 11 is 3.55. The van der Waals surface area contributed by atoms with E-state index in [0.717, 1.165) is 12.8 Å². The van der Waals surface area contributed by atoms with Crippen LogP contribution in [0.1, 0.15) is 26.7 Å². The fourth-order valence-electron chi connectivity index (χ4n) is 1.75. The van der Waals surface area contributed by atoms with Gasteiger partial charge in [0.15, 0.2) is 0 Å². The molecule has 0 spiro atoms. The Bertz CT molecular complexity index is 446. The van der Waals surface area contributed by atoms with Crippen LogP contribution in [0, 0.1) is 5.92 Å². The first-order chi connectivity index (χ1) is 8.51. The molecule has 1 N–H and O–H groups in total. The Morgan fingerprint density at radius 3 is 2.56 bits per heavy atom. The van der Waals surface area contributed by atoms with E-state index in [1.807, 2.05) is 0 Å². The van der Waals surface area contributed by atoms with Gasteiger partial charge in [-0.1, -0.05) is 42.6 Å². The zero-order valence-corrected chi connectivity index (χ0v) is 13.0. The highest BCUT2D eigenvalue weighted by atomic mass is 79.9. The van der Waals surface area contributed by atoms with Crippen LogP contribution in [-0.2, 0) is 10.0 Å². The summed E-state index contributed by atoms with van der Waals surface area (Å²) in [5.41, 5.74) is 0. The van der Waals surface area contributed by atoms with E-state index >= 15 is 0 Å². The molecule has 0 aliphatic heterocycles. The van der Waals surface area contributed by atoms with Gasteiger partial charge in [-0.25, -0.2) is 13.1 Å². The van der Waals surface area contributed by atoms with Gasteiger partial charge < -0.3 is 0 Å². The number of pyridine rings is 1. The lowest BCUT2D eigenvalue weighted by atomic mass is 10.00. The second-order valence-electron chi connectivity index (χ2n) is 4.13. The minimum absolute atomic E-state index is 0.152. The lowest BCUT2D eigenvalue weighted by Gasteiger charge is -2.19. The van der Waals surface area contributed by atoms with Crippen molar-refractivity contribution in [1.82, 2.24) is 9.71 Å². The highest BCUT2D eigenvalue weighted by molar-refractivity contribution is 9.09. The molecule has 0 aliphatic carbocycles. The third-order valence-electron chi connectivity index (χ3n) is 2.97. The van der Waals surface area contributed by atoms with Crippen molar-refractivity contribution in [3.63, 3.8) is 0 Å². The molecule has 0 aliphatic rings. The maximum absolute atomic E-state index is 12.0. The number of halogens is 1. The van der Waals surface area contributed by atoms with Crippen molar-refractivity contribution in [1.29, 1.82) is 0 Å². The van der Waals surface area contributed by atoms with Crippen molar-refractivity contribution < 1.29 is 8.42 Å². The van der Waals surface area contributed by atoms with Crippen LogP contribution < -0.4 is 4.72 Å². The van der Waals surface area contributed by atoms with E-state index < -0.39 is 10.0 Å². The Morgan fingerprint density at radius 1 is 1.39 bits per heavy atom. The summed E-state index contributed by atoms with van der Waals surface area (Å²) in [7, 11) is -3.45. The molecule has 18 heavy (non-hydrogen) atoms. The van der Waals surface area contributed by atoms with E-state index in [9.17, 15) is 8.42 Å². The highest BCUT2D eigenvalue weighted by Crippen LogP contribution is 2.20. The van der Waals surface area contributed by atoms with Crippen LogP contribution in [0.2, 0.25) is 0 Å². The van der Waals surface area contributed by atoms with Gasteiger partial charge in [0.25, 0.3) is 0 Å². The fraction of sp³-hybridized carbons (Fsp3) is 0.583. The van der Waals surface area contributed by atoms with Crippen LogP contribution in [0.25, 0.3) is 0 Å². The zero-order valence-electron chi connectivity index (χ0n) is 10.6. The third-order valence-corrected chi connectivity index (χ3v) is 5.45. The molecule has 1 heterocycles. The Kier molecular flexibility index (Phi) is 6.25. The number of nitrogens with one attached hydrogen (secondary N) is 1. The molecule has 0 radical (unpaired) electrons. The second kappa shape index (κ2) is 7.21. The predicted molar refractivity (Wildman–Crippen MR) is 76.2 cm³/mol. The van der Waals surface area contributed by atoms with Crippen LogP contribution in [-0.4, -0.2) is 24.8 Å². The maximum atomic E-state index is 12.0. The standard InChI is InChI=1S/C12H19BrN2O2S/c1-3-10(4-2)12(13)9-15-18(16,17)11-6-5-7-14-8-11/h5-8,10,12,15H,3-4,9H2,1-2H3. The molecule has 0 fully saturated rings. The summed E-state index contributed by atoms with van der Waals surface area (Å²) in [6.45, 7) is 4.61. The lowest BCUT2D eigenvalue weighted by Crippen LogP contribution is -2.33. The molecule has 0 bridgehead atoms. The van der Waals surface area contributed by atoms with Gasteiger partial charge in [0.1, 0.15) is 4.90 Å². The molecule has 0 aromatic carbocycles. The number of sulfonamides is 1. The molecule has 1 unspecified atom stereocenters. The Hall–Kier alpha value is -0.460. The van der Waals surface area contributed by atoms with Gasteiger partial charge in [-0.05, 0) is 18.1 Å². The van der Waals surface area contributed by atoms with E-state index in [-0.39, 0.29) is 9.72 Å². The zero-order chi connectivity index (χ0) is 13.6. The van der Waals surface area contributed by atoms with Crippen molar-refractivity contribution in [2.75, 3.05) is 6.54 Å². The number of hydrogen-bond donors (Lipinski definition) is 1. The molecule has 0 saturated carbocycles. The van der Waals surface area contributed by atoms with E-state index in [1.54, 1.807) is 12.3 Å². The molecule has 6 heteroatoms. The van der Waals surface area contributed by atoms with Crippen molar-refractivity contribution >= 4 is 26.0 Å². The number of rotatable bonds is 7. The molecule has 4 nitrogen and oxygen atoms in total. The largest absolute Gasteiger partial charge is 0.263 e. The van der Waals surface area contributed by atoms with E-state index in [0.29, 0.717) is 12.5 Å². The van der Waals surface area contributed by atoms with Gasteiger partial charge in [-0.3, -0.25) is 4.98 Å². The molecule has 1 atom stereocenters. The van der Waals surface area contributed by atoms with Gasteiger partial charge in [-0.2, -0.15) is 0 Å². The first kappa shape index (κ1) is 15.6. The van der Waals surface area contributed by atoms with Gasteiger partial charge >= 0.3 is 0 Å². The summed E-state index contributed by atoms with van der Waals surface area (Å²) in [6, 6.07) is 3.15. The minimum Gasteiger partial charge on any atom is -0.263 e. The number of nitrogens with zero attached hydrogens (tertiary/aromatic N) is 1. The molecule has 0 saturated heterocycles. The van der Waals surface area contributed by atoms with Crippen molar-refractivity contribution in [2.45, 2.75) is 36.4 Å². The molecular weight excluding hydrogens is 316 g/mol. The van der Waals surface area contributed by atoms with Gasteiger partial charge in [0.05, 0.1) is 0 Å². The van der Waals surface area contributed by atoms with Crippen LogP contribution >= 0.6 is 15.9 Å². The maximum Gasteiger partial charge on any atom is 0.242 e.